The third-order valence-electron chi connectivity index (χ3n) is 1.77. The molecule has 2 N–H and O–H groups in total. The van der Waals surface area contributed by atoms with Crippen molar-refractivity contribution < 1.29 is 4.79 Å². The first-order valence-electron chi connectivity index (χ1n) is 3.42. The van der Waals surface area contributed by atoms with Crippen LogP contribution < -0.4 is 5.73 Å². The smallest absolute Gasteiger partial charge is 0.220 e. The third kappa shape index (κ3) is 0.869. The van der Waals surface area contributed by atoms with Crippen LogP contribution in [0, 0.1) is 0 Å². The van der Waals surface area contributed by atoms with Crippen molar-refractivity contribution in [2.45, 2.75) is 12.8 Å². The molecule has 1 aliphatic carbocycles. The number of aromatic nitrogens is 2. The fourth-order valence-corrected chi connectivity index (χ4v) is 1.21. The first kappa shape index (κ1) is 6.27. The maximum atomic E-state index is 11.1. The predicted octanol–water partition coefficient (Wildman–Crippen LogP) is 0.188. The normalized spacial score (nSPS) is 15.1. The van der Waals surface area contributed by atoms with E-state index in [0.29, 0.717) is 12.1 Å². The van der Waals surface area contributed by atoms with Crippen molar-refractivity contribution in [1.82, 2.24) is 9.97 Å². The highest BCUT2D eigenvalue weighted by Crippen LogP contribution is 2.18. The van der Waals surface area contributed by atoms with Crippen molar-refractivity contribution >= 4 is 11.7 Å². The fourth-order valence-electron chi connectivity index (χ4n) is 1.21. The number of fused-ring (bicyclic) bond motifs is 1. The van der Waals surface area contributed by atoms with Gasteiger partial charge in [0.05, 0.1) is 0 Å². The van der Waals surface area contributed by atoms with Crippen molar-refractivity contribution in [3.05, 3.63) is 17.5 Å². The van der Waals surface area contributed by atoms with E-state index in [4.69, 9.17) is 5.73 Å². The van der Waals surface area contributed by atoms with Crippen LogP contribution in [-0.4, -0.2) is 15.8 Å². The number of nitrogens with two attached hydrogens (primary N) is 1. The Morgan fingerprint density at radius 3 is 3.09 bits per heavy atom. The summed E-state index contributed by atoms with van der Waals surface area (Å²) in [6.07, 6.45) is 2.93. The molecule has 11 heavy (non-hydrogen) atoms. The van der Waals surface area contributed by atoms with Crippen LogP contribution in [0.2, 0.25) is 0 Å². The van der Waals surface area contributed by atoms with Gasteiger partial charge in [0.1, 0.15) is 5.69 Å². The molecule has 0 bridgehead atoms. The molecule has 0 saturated carbocycles. The second kappa shape index (κ2) is 2.02. The minimum absolute atomic E-state index is 0.0779. The summed E-state index contributed by atoms with van der Waals surface area (Å²) in [5.74, 6) is 0.258. The van der Waals surface area contributed by atoms with E-state index in [0.717, 1.165) is 12.0 Å². The topological polar surface area (TPSA) is 68.9 Å². The fraction of sp³-hybridized carbons (Fsp3) is 0.286. The molecule has 4 heteroatoms. The summed E-state index contributed by atoms with van der Waals surface area (Å²) in [5, 5.41) is 0. The zero-order valence-corrected chi connectivity index (χ0v) is 5.87. The number of anilines is 1. The van der Waals surface area contributed by atoms with Crippen molar-refractivity contribution in [1.29, 1.82) is 0 Å². The predicted molar refractivity (Wildman–Crippen MR) is 39.1 cm³/mol. The summed E-state index contributed by atoms with van der Waals surface area (Å²) < 4.78 is 0. The second-order valence-corrected chi connectivity index (χ2v) is 2.53. The van der Waals surface area contributed by atoms with Crippen molar-refractivity contribution in [3.8, 4) is 0 Å². The van der Waals surface area contributed by atoms with Crippen LogP contribution >= 0.6 is 0 Å². The monoisotopic (exact) mass is 149 g/mol. The van der Waals surface area contributed by atoms with Crippen LogP contribution in [0.3, 0.4) is 0 Å². The molecular weight excluding hydrogens is 142 g/mol. The van der Waals surface area contributed by atoms with Gasteiger partial charge < -0.3 is 5.73 Å². The summed E-state index contributed by atoms with van der Waals surface area (Å²) in [7, 11) is 0. The summed E-state index contributed by atoms with van der Waals surface area (Å²) in [6.45, 7) is 0. The van der Waals surface area contributed by atoms with Gasteiger partial charge in [0, 0.05) is 18.2 Å². The number of aryl methyl sites for hydroxylation is 1. The van der Waals surface area contributed by atoms with Gasteiger partial charge in [-0.15, -0.1) is 0 Å². The zero-order chi connectivity index (χ0) is 7.84. The van der Waals surface area contributed by atoms with Gasteiger partial charge in [-0.3, -0.25) is 4.79 Å². The lowest BCUT2D eigenvalue weighted by molar-refractivity contribution is 0.0990. The lowest BCUT2D eigenvalue weighted by atomic mass is 10.3. The average Bonchev–Trinajstić information content (AvgIpc) is 2.33. The molecule has 0 spiro atoms. The van der Waals surface area contributed by atoms with Crippen LogP contribution in [-0.2, 0) is 6.42 Å². The van der Waals surface area contributed by atoms with Crippen molar-refractivity contribution in [3.63, 3.8) is 0 Å². The van der Waals surface area contributed by atoms with Gasteiger partial charge in [-0.25, -0.2) is 9.97 Å². The molecule has 56 valence electrons. The number of nitrogen functional groups attached to an aromatic ring is 1. The highest BCUT2D eigenvalue weighted by Gasteiger charge is 2.21. The molecule has 0 atom stereocenters. The maximum absolute atomic E-state index is 11.1. The molecule has 2 rings (SSSR count). The quantitative estimate of drug-likeness (QED) is 0.571. The minimum Gasteiger partial charge on any atom is -0.368 e. The molecule has 1 aromatic rings. The van der Waals surface area contributed by atoms with E-state index in [9.17, 15) is 4.79 Å². The molecular formula is C7H7N3O. The summed E-state index contributed by atoms with van der Waals surface area (Å²) in [6, 6.07) is 0. The minimum atomic E-state index is 0.0779. The van der Waals surface area contributed by atoms with E-state index < -0.39 is 0 Å². The largest absolute Gasteiger partial charge is 0.368 e. The molecule has 0 amide bonds. The first-order valence-corrected chi connectivity index (χ1v) is 3.42. The average molecular weight is 149 g/mol. The van der Waals surface area contributed by atoms with Gasteiger partial charge in [0.25, 0.3) is 0 Å². The van der Waals surface area contributed by atoms with Gasteiger partial charge in [-0.05, 0) is 6.42 Å². The van der Waals surface area contributed by atoms with E-state index in [1.165, 1.54) is 0 Å². The Balaban J connectivity index is 2.60. The number of rotatable bonds is 0. The van der Waals surface area contributed by atoms with Crippen LogP contribution in [0.1, 0.15) is 22.5 Å². The SMILES string of the molecule is Nc1ncc2c(n1)C(=O)CC2. The zero-order valence-electron chi connectivity index (χ0n) is 5.87. The summed E-state index contributed by atoms with van der Waals surface area (Å²) in [4.78, 5) is 18.7. The van der Waals surface area contributed by atoms with Crippen molar-refractivity contribution in [2.24, 2.45) is 0 Å². The Morgan fingerprint density at radius 1 is 1.45 bits per heavy atom. The highest BCUT2D eigenvalue weighted by atomic mass is 16.1. The number of hydrogen-bond acceptors (Lipinski definition) is 4. The Bertz CT molecular complexity index is 321. The lowest BCUT2D eigenvalue weighted by Gasteiger charge is -1.95. The molecule has 1 heterocycles. The molecule has 0 unspecified atom stereocenters. The first-order chi connectivity index (χ1) is 5.27. The van der Waals surface area contributed by atoms with E-state index in [1.54, 1.807) is 6.20 Å². The van der Waals surface area contributed by atoms with Gasteiger partial charge in [0.15, 0.2) is 5.78 Å². The third-order valence-corrected chi connectivity index (χ3v) is 1.77. The molecule has 0 fully saturated rings. The molecule has 0 aromatic carbocycles. The summed E-state index contributed by atoms with van der Waals surface area (Å²) >= 11 is 0. The van der Waals surface area contributed by atoms with Crippen LogP contribution in [0.5, 0.6) is 0 Å². The number of Topliss-reactive ketones (excluding diaryl/α,β-unsaturated/α-hetero) is 1. The Kier molecular flexibility index (Phi) is 1.15. The Hall–Kier alpha value is -1.45. The molecule has 0 aliphatic heterocycles. The standard InChI is InChI=1S/C7H7N3O/c8-7-9-3-4-1-2-5(11)6(4)10-7/h3H,1-2H2,(H2,8,9,10). The maximum Gasteiger partial charge on any atom is 0.220 e. The lowest BCUT2D eigenvalue weighted by Crippen LogP contribution is -2.01. The molecule has 4 nitrogen and oxygen atoms in total. The number of nitrogens with zero attached hydrogens (tertiary/aromatic N) is 2. The number of carbonyl (C=O) groups excluding carboxylic acids is 1. The van der Waals surface area contributed by atoms with Crippen LogP contribution in [0.4, 0.5) is 5.95 Å². The van der Waals surface area contributed by atoms with E-state index in [-0.39, 0.29) is 11.7 Å². The van der Waals surface area contributed by atoms with E-state index in [1.807, 2.05) is 0 Å². The highest BCUT2D eigenvalue weighted by molar-refractivity contribution is 5.98. The van der Waals surface area contributed by atoms with Crippen LogP contribution in [0.15, 0.2) is 6.20 Å². The van der Waals surface area contributed by atoms with Gasteiger partial charge in [-0.2, -0.15) is 0 Å². The van der Waals surface area contributed by atoms with E-state index >= 15 is 0 Å². The summed E-state index contributed by atoms with van der Waals surface area (Å²) in [5.41, 5.74) is 6.75. The molecule has 1 aliphatic rings. The number of ketones is 1. The van der Waals surface area contributed by atoms with Crippen molar-refractivity contribution in [2.75, 3.05) is 5.73 Å². The molecule has 0 saturated heterocycles. The van der Waals surface area contributed by atoms with E-state index in [2.05, 4.69) is 9.97 Å². The Labute approximate surface area is 63.5 Å². The number of carbonyl (C=O) groups is 1. The van der Waals surface area contributed by atoms with Gasteiger partial charge in [-0.1, -0.05) is 0 Å². The second-order valence-electron chi connectivity index (χ2n) is 2.53. The van der Waals surface area contributed by atoms with Crippen LogP contribution in [0.25, 0.3) is 0 Å². The molecule has 0 radical (unpaired) electrons. The Morgan fingerprint density at radius 2 is 2.27 bits per heavy atom. The number of hydrogen-bond donors (Lipinski definition) is 1. The van der Waals surface area contributed by atoms with Gasteiger partial charge in [0.2, 0.25) is 5.95 Å². The molecule has 1 aromatic heterocycles. The van der Waals surface area contributed by atoms with Gasteiger partial charge >= 0.3 is 0 Å².